The Hall–Kier alpha value is -1.92. The number of nitrogens with zero attached hydrogens (tertiary/aromatic N) is 2. The fourth-order valence-electron chi connectivity index (χ4n) is 6.20. The van der Waals surface area contributed by atoms with Crippen LogP contribution in [0, 0.1) is 11.8 Å². The van der Waals surface area contributed by atoms with Gasteiger partial charge in [0.05, 0.1) is 18.7 Å². The van der Waals surface area contributed by atoms with Gasteiger partial charge in [0.1, 0.15) is 0 Å². The first-order valence-electron chi connectivity index (χ1n) is 11.3. The van der Waals surface area contributed by atoms with Gasteiger partial charge in [0, 0.05) is 24.8 Å². The molecule has 0 saturated carbocycles. The number of thiocarbonyl (C=S) groups is 1. The van der Waals surface area contributed by atoms with Crippen LogP contribution in [-0.2, 0) is 4.74 Å². The standard InChI is InChI=1S/C24H31N3O2S/c1-29-23(28)16-7-9-20(10-8-16)25-24(30)27-12-4-5-17-13-18-14-19(22(17)27)15-26-11-3-2-6-21(18)26/h7-10,13,18-19,21-22H,2-6,11-12,14-15H2,1H3,(H,25,30). The van der Waals surface area contributed by atoms with Crippen molar-refractivity contribution in [2.75, 3.05) is 32.1 Å². The molecule has 160 valence electrons. The molecule has 1 aromatic carbocycles. The number of fused-ring (bicyclic) bond motifs is 6. The Morgan fingerprint density at radius 3 is 2.80 bits per heavy atom. The molecule has 3 heterocycles. The molecule has 30 heavy (non-hydrogen) atoms. The lowest BCUT2D eigenvalue weighted by atomic mass is 9.68. The quantitative estimate of drug-likeness (QED) is 0.438. The molecule has 0 amide bonds. The van der Waals surface area contributed by atoms with Crippen molar-refractivity contribution in [2.45, 2.75) is 50.6 Å². The van der Waals surface area contributed by atoms with Crippen molar-refractivity contribution in [2.24, 2.45) is 11.8 Å². The number of carbonyl (C=O) groups excluding carboxylic acids is 1. The molecule has 4 aliphatic rings. The number of ether oxygens (including phenoxy) is 1. The molecule has 0 aromatic heterocycles. The van der Waals surface area contributed by atoms with Crippen LogP contribution in [0.3, 0.4) is 0 Å². The zero-order valence-corrected chi connectivity index (χ0v) is 18.5. The predicted molar refractivity (Wildman–Crippen MR) is 123 cm³/mol. The third kappa shape index (κ3) is 3.65. The first-order valence-corrected chi connectivity index (χ1v) is 11.8. The van der Waals surface area contributed by atoms with E-state index in [0.29, 0.717) is 17.5 Å². The molecule has 1 N–H and O–H groups in total. The Bertz CT molecular complexity index is 853. The number of piperidine rings is 3. The molecule has 0 spiro atoms. The topological polar surface area (TPSA) is 44.8 Å². The van der Waals surface area contributed by atoms with E-state index in [1.54, 1.807) is 17.7 Å². The monoisotopic (exact) mass is 425 g/mol. The number of likely N-dealkylation sites (tertiary alicyclic amines) is 1. The number of methoxy groups -OCH3 is 1. The normalized spacial score (nSPS) is 30.6. The molecule has 2 bridgehead atoms. The van der Waals surface area contributed by atoms with Crippen LogP contribution in [0.4, 0.5) is 5.69 Å². The largest absolute Gasteiger partial charge is 0.465 e. The van der Waals surface area contributed by atoms with E-state index in [9.17, 15) is 4.79 Å². The molecule has 0 radical (unpaired) electrons. The molecule has 3 fully saturated rings. The lowest BCUT2D eigenvalue weighted by Crippen LogP contribution is -2.60. The Morgan fingerprint density at radius 1 is 1.17 bits per heavy atom. The van der Waals surface area contributed by atoms with Gasteiger partial charge in [0.2, 0.25) is 0 Å². The first kappa shape index (κ1) is 20.0. The van der Waals surface area contributed by atoms with Gasteiger partial charge in [-0.15, -0.1) is 0 Å². The van der Waals surface area contributed by atoms with E-state index < -0.39 is 0 Å². The highest BCUT2D eigenvalue weighted by Gasteiger charge is 2.46. The van der Waals surface area contributed by atoms with Crippen molar-refractivity contribution in [3.8, 4) is 0 Å². The minimum atomic E-state index is -0.319. The molecule has 3 saturated heterocycles. The highest BCUT2D eigenvalue weighted by Crippen LogP contribution is 2.45. The van der Waals surface area contributed by atoms with Gasteiger partial charge < -0.3 is 15.0 Å². The number of esters is 1. The van der Waals surface area contributed by atoms with Crippen molar-refractivity contribution in [3.63, 3.8) is 0 Å². The number of rotatable bonds is 2. The van der Waals surface area contributed by atoms with Crippen LogP contribution in [0.25, 0.3) is 0 Å². The van der Waals surface area contributed by atoms with Crippen LogP contribution in [0.15, 0.2) is 35.9 Å². The molecule has 1 aromatic rings. The summed E-state index contributed by atoms with van der Waals surface area (Å²) in [6.45, 7) is 3.50. The molecular formula is C24H31N3O2S. The first-order chi connectivity index (χ1) is 14.6. The summed E-state index contributed by atoms with van der Waals surface area (Å²) in [4.78, 5) is 16.9. The van der Waals surface area contributed by atoms with Gasteiger partial charge in [-0.05, 0) is 87.0 Å². The number of nitrogens with one attached hydrogen (secondary N) is 1. The molecule has 4 atom stereocenters. The van der Waals surface area contributed by atoms with Gasteiger partial charge in [-0.3, -0.25) is 4.90 Å². The van der Waals surface area contributed by atoms with E-state index in [2.05, 4.69) is 21.2 Å². The smallest absolute Gasteiger partial charge is 0.337 e. The lowest BCUT2D eigenvalue weighted by molar-refractivity contribution is 0.0132. The van der Waals surface area contributed by atoms with Crippen molar-refractivity contribution in [1.82, 2.24) is 9.80 Å². The highest BCUT2D eigenvalue weighted by atomic mass is 32.1. The summed E-state index contributed by atoms with van der Waals surface area (Å²) in [5, 5.41) is 4.22. The Kier molecular flexibility index (Phi) is 5.54. The van der Waals surface area contributed by atoms with Gasteiger partial charge in [-0.1, -0.05) is 18.1 Å². The molecule has 4 unspecified atom stereocenters. The number of anilines is 1. The fourth-order valence-corrected chi connectivity index (χ4v) is 6.53. The minimum absolute atomic E-state index is 0.319. The third-order valence-corrected chi connectivity index (χ3v) is 7.81. The van der Waals surface area contributed by atoms with Crippen LogP contribution in [0.1, 0.15) is 48.9 Å². The Balaban J connectivity index is 1.33. The average Bonchev–Trinajstić information content (AvgIpc) is 2.78. The van der Waals surface area contributed by atoms with E-state index in [1.165, 1.54) is 58.7 Å². The highest BCUT2D eigenvalue weighted by molar-refractivity contribution is 7.80. The summed E-state index contributed by atoms with van der Waals surface area (Å²) >= 11 is 5.88. The van der Waals surface area contributed by atoms with Crippen LogP contribution in [-0.4, -0.2) is 59.7 Å². The minimum Gasteiger partial charge on any atom is -0.465 e. The van der Waals surface area contributed by atoms with Crippen molar-refractivity contribution >= 4 is 29.0 Å². The maximum Gasteiger partial charge on any atom is 0.337 e. The SMILES string of the molecule is COC(=O)c1ccc(NC(=S)N2CCCC3=CC4CC(CN5CCCCC45)C32)cc1. The van der Waals surface area contributed by atoms with Gasteiger partial charge in [0.25, 0.3) is 0 Å². The van der Waals surface area contributed by atoms with Crippen LogP contribution in [0.5, 0.6) is 0 Å². The number of carbonyl (C=O) groups is 1. The maximum absolute atomic E-state index is 11.7. The second-order valence-corrected chi connectivity index (χ2v) is 9.59. The van der Waals surface area contributed by atoms with Crippen LogP contribution in [0.2, 0.25) is 0 Å². The summed E-state index contributed by atoms with van der Waals surface area (Å²) < 4.78 is 4.78. The van der Waals surface area contributed by atoms with E-state index in [1.807, 2.05) is 12.1 Å². The predicted octanol–water partition coefficient (Wildman–Crippen LogP) is 4.07. The average molecular weight is 426 g/mol. The van der Waals surface area contributed by atoms with Crippen LogP contribution < -0.4 is 5.32 Å². The summed E-state index contributed by atoms with van der Waals surface area (Å²) in [5.74, 6) is 1.09. The summed E-state index contributed by atoms with van der Waals surface area (Å²) in [6, 6.07) is 8.57. The van der Waals surface area contributed by atoms with Crippen molar-refractivity contribution in [1.29, 1.82) is 0 Å². The summed E-state index contributed by atoms with van der Waals surface area (Å²) in [5.41, 5.74) is 3.09. The Labute approximate surface area is 184 Å². The number of benzene rings is 1. The zero-order valence-electron chi connectivity index (χ0n) is 17.7. The summed E-state index contributed by atoms with van der Waals surface area (Å²) in [7, 11) is 1.40. The van der Waals surface area contributed by atoms with E-state index in [0.717, 1.165) is 29.3 Å². The zero-order chi connectivity index (χ0) is 20.7. The third-order valence-electron chi connectivity index (χ3n) is 7.48. The molecule has 5 nitrogen and oxygen atoms in total. The van der Waals surface area contributed by atoms with E-state index in [4.69, 9.17) is 17.0 Å². The van der Waals surface area contributed by atoms with Crippen molar-refractivity contribution < 1.29 is 9.53 Å². The van der Waals surface area contributed by atoms with Gasteiger partial charge in [0.15, 0.2) is 5.11 Å². The molecule has 6 heteroatoms. The second kappa shape index (κ2) is 8.31. The number of hydrogen-bond acceptors (Lipinski definition) is 4. The maximum atomic E-state index is 11.7. The van der Waals surface area contributed by atoms with E-state index in [-0.39, 0.29) is 5.97 Å². The number of hydrogen-bond donors (Lipinski definition) is 1. The van der Waals surface area contributed by atoms with Crippen LogP contribution >= 0.6 is 12.2 Å². The van der Waals surface area contributed by atoms with Gasteiger partial charge >= 0.3 is 5.97 Å². The second-order valence-electron chi connectivity index (χ2n) is 9.20. The van der Waals surface area contributed by atoms with E-state index >= 15 is 0 Å². The molecule has 5 rings (SSSR count). The molecular weight excluding hydrogens is 394 g/mol. The van der Waals surface area contributed by atoms with Gasteiger partial charge in [-0.2, -0.15) is 0 Å². The summed E-state index contributed by atoms with van der Waals surface area (Å²) in [6.07, 6.45) is 10.4. The molecule has 1 aliphatic carbocycles. The fraction of sp³-hybridized carbons (Fsp3) is 0.583. The molecule has 3 aliphatic heterocycles. The Morgan fingerprint density at radius 2 is 2.00 bits per heavy atom. The van der Waals surface area contributed by atoms with Gasteiger partial charge in [-0.25, -0.2) is 4.79 Å². The lowest BCUT2D eigenvalue weighted by Gasteiger charge is -2.55. The van der Waals surface area contributed by atoms with Crippen molar-refractivity contribution in [3.05, 3.63) is 41.5 Å².